The molecule has 2 rings (SSSR count). The first-order valence-electron chi connectivity index (χ1n) is 7.14. The number of alkyl halides is 2. The van der Waals surface area contributed by atoms with Crippen LogP contribution in [-0.2, 0) is 11.3 Å². The molecule has 21 heavy (non-hydrogen) atoms. The number of ether oxygens (including phenoxy) is 1. The van der Waals surface area contributed by atoms with Crippen LogP contribution in [0.5, 0.6) is 0 Å². The van der Waals surface area contributed by atoms with Gasteiger partial charge in [-0.3, -0.25) is 4.57 Å². The van der Waals surface area contributed by atoms with E-state index in [0.717, 1.165) is 24.0 Å². The Morgan fingerprint density at radius 3 is 3.10 bits per heavy atom. The Hall–Kier alpha value is -1.70. The predicted molar refractivity (Wildman–Crippen MR) is 75.3 cm³/mol. The van der Waals surface area contributed by atoms with Crippen LogP contribution in [0.25, 0.3) is 0 Å². The molecule has 118 valence electrons. The molecule has 0 radical (unpaired) electrons. The zero-order valence-corrected chi connectivity index (χ0v) is 12.1. The largest absolute Gasteiger partial charge is 0.376 e. The lowest BCUT2D eigenvalue weighted by Crippen LogP contribution is -2.41. The highest BCUT2D eigenvalue weighted by Gasteiger charge is 2.16. The second kappa shape index (κ2) is 7.92. The Morgan fingerprint density at radius 2 is 2.43 bits per heavy atom. The van der Waals surface area contributed by atoms with Crippen LogP contribution in [0.15, 0.2) is 17.4 Å². The minimum atomic E-state index is -2.60. The topological polar surface area (TPSA) is 63.5 Å². The lowest BCUT2D eigenvalue weighted by atomic mass is 10.2. The first kappa shape index (κ1) is 15.7. The third-order valence-corrected chi connectivity index (χ3v) is 3.20. The van der Waals surface area contributed by atoms with Crippen molar-refractivity contribution in [3.63, 3.8) is 0 Å². The number of hydrogen-bond donors (Lipinski definition) is 2. The third kappa shape index (κ3) is 4.66. The Bertz CT molecular complexity index is 457. The van der Waals surface area contributed by atoms with Crippen molar-refractivity contribution in [2.75, 3.05) is 19.7 Å². The fourth-order valence-electron chi connectivity index (χ4n) is 2.15. The minimum absolute atomic E-state index is 0.0954. The molecule has 0 saturated carbocycles. The molecule has 0 aromatic carbocycles. The molecule has 0 amide bonds. The molecule has 1 aromatic heterocycles. The molecule has 1 aliphatic heterocycles. The van der Waals surface area contributed by atoms with Gasteiger partial charge in [-0.25, -0.2) is 9.98 Å². The van der Waals surface area contributed by atoms with Crippen LogP contribution >= 0.6 is 0 Å². The summed E-state index contributed by atoms with van der Waals surface area (Å²) < 4.78 is 31.8. The molecular formula is C13H21F2N5O. The van der Waals surface area contributed by atoms with E-state index in [1.807, 2.05) is 6.92 Å². The van der Waals surface area contributed by atoms with E-state index in [2.05, 4.69) is 20.6 Å². The Balaban J connectivity index is 1.91. The summed E-state index contributed by atoms with van der Waals surface area (Å²) in [6, 6.07) is 0. The molecule has 1 saturated heterocycles. The molecule has 1 aliphatic rings. The van der Waals surface area contributed by atoms with Crippen molar-refractivity contribution < 1.29 is 13.5 Å². The summed E-state index contributed by atoms with van der Waals surface area (Å²) in [6.07, 6.45) is 4.90. The minimum Gasteiger partial charge on any atom is -0.376 e. The molecule has 8 heteroatoms. The standard InChI is InChI=1S/C13H21F2N5O/c1-2-16-13(18-8-10-4-3-7-21-10)19-9-11-17-5-6-20(11)12(14)15/h5-6,10,12H,2-4,7-9H2,1H3,(H2,16,18,19). The highest BCUT2D eigenvalue weighted by Crippen LogP contribution is 2.13. The average molecular weight is 301 g/mol. The molecule has 1 unspecified atom stereocenters. The average Bonchev–Trinajstić information content (AvgIpc) is 3.12. The van der Waals surface area contributed by atoms with Crippen LogP contribution < -0.4 is 10.6 Å². The monoisotopic (exact) mass is 301 g/mol. The highest BCUT2D eigenvalue weighted by molar-refractivity contribution is 5.79. The maximum Gasteiger partial charge on any atom is 0.319 e. The van der Waals surface area contributed by atoms with Crippen molar-refractivity contribution in [1.82, 2.24) is 20.2 Å². The third-order valence-electron chi connectivity index (χ3n) is 3.20. The fraction of sp³-hybridized carbons (Fsp3) is 0.692. The molecule has 2 N–H and O–H groups in total. The quantitative estimate of drug-likeness (QED) is 0.617. The van der Waals surface area contributed by atoms with E-state index in [1.165, 1.54) is 12.4 Å². The highest BCUT2D eigenvalue weighted by atomic mass is 19.3. The summed E-state index contributed by atoms with van der Waals surface area (Å²) in [6.45, 7) is 1.60. The molecule has 1 aromatic rings. The summed E-state index contributed by atoms with van der Waals surface area (Å²) in [4.78, 5) is 8.18. The van der Waals surface area contributed by atoms with Gasteiger partial charge in [-0.1, -0.05) is 0 Å². The zero-order chi connectivity index (χ0) is 15.1. The molecule has 0 bridgehead atoms. The normalized spacial score (nSPS) is 19.2. The maximum atomic E-state index is 12.7. The molecular weight excluding hydrogens is 280 g/mol. The second-order valence-corrected chi connectivity index (χ2v) is 4.74. The van der Waals surface area contributed by atoms with E-state index < -0.39 is 6.55 Å². The lowest BCUT2D eigenvalue weighted by molar-refractivity contribution is 0.0671. The summed E-state index contributed by atoms with van der Waals surface area (Å²) in [5, 5.41) is 6.24. The van der Waals surface area contributed by atoms with Gasteiger partial charge >= 0.3 is 6.55 Å². The van der Waals surface area contributed by atoms with Gasteiger partial charge < -0.3 is 15.4 Å². The van der Waals surface area contributed by atoms with E-state index in [-0.39, 0.29) is 18.5 Å². The van der Waals surface area contributed by atoms with Gasteiger partial charge in [-0.05, 0) is 19.8 Å². The van der Waals surface area contributed by atoms with Crippen LogP contribution in [0, 0.1) is 0 Å². The number of guanidine groups is 1. The van der Waals surface area contributed by atoms with Crippen molar-refractivity contribution in [2.45, 2.75) is 39.0 Å². The summed E-state index contributed by atoms with van der Waals surface area (Å²) in [5.74, 6) is 0.816. The second-order valence-electron chi connectivity index (χ2n) is 4.74. The molecule has 2 heterocycles. The molecule has 1 fully saturated rings. The van der Waals surface area contributed by atoms with E-state index in [0.29, 0.717) is 19.0 Å². The van der Waals surface area contributed by atoms with Crippen LogP contribution in [0.4, 0.5) is 8.78 Å². The number of nitrogens with zero attached hydrogens (tertiary/aromatic N) is 3. The first-order chi connectivity index (χ1) is 10.2. The molecule has 0 aliphatic carbocycles. The smallest absolute Gasteiger partial charge is 0.319 e. The maximum absolute atomic E-state index is 12.7. The van der Waals surface area contributed by atoms with E-state index in [4.69, 9.17) is 4.74 Å². The molecule has 0 spiro atoms. The number of rotatable bonds is 6. The van der Waals surface area contributed by atoms with Crippen molar-refractivity contribution in [3.05, 3.63) is 18.2 Å². The van der Waals surface area contributed by atoms with Gasteiger partial charge in [0, 0.05) is 32.1 Å². The molecule has 1 atom stereocenters. The van der Waals surface area contributed by atoms with E-state index in [9.17, 15) is 8.78 Å². The van der Waals surface area contributed by atoms with Gasteiger partial charge in [0.2, 0.25) is 0 Å². The fourth-order valence-corrected chi connectivity index (χ4v) is 2.15. The zero-order valence-electron chi connectivity index (χ0n) is 12.1. The van der Waals surface area contributed by atoms with E-state index >= 15 is 0 Å². The van der Waals surface area contributed by atoms with Gasteiger partial charge in [0.1, 0.15) is 12.4 Å². The summed E-state index contributed by atoms with van der Waals surface area (Å²) in [7, 11) is 0. The number of hydrogen-bond acceptors (Lipinski definition) is 3. The van der Waals surface area contributed by atoms with Gasteiger partial charge in [0.05, 0.1) is 6.10 Å². The van der Waals surface area contributed by atoms with Crippen molar-refractivity contribution in [2.24, 2.45) is 4.99 Å². The number of halogens is 2. The number of aliphatic imine (C=N–C) groups is 1. The Labute approximate surface area is 122 Å². The summed E-state index contributed by atoms with van der Waals surface area (Å²) >= 11 is 0. The van der Waals surface area contributed by atoms with Crippen molar-refractivity contribution in [3.8, 4) is 0 Å². The SMILES string of the molecule is CCNC(=NCc1nccn1C(F)F)NCC1CCCO1. The van der Waals surface area contributed by atoms with Gasteiger partial charge in [-0.2, -0.15) is 8.78 Å². The Morgan fingerprint density at radius 1 is 1.57 bits per heavy atom. The van der Waals surface area contributed by atoms with Gasteiger partial charge in [-0.15, -0.1) is 0 Å². The van der Waals surface area contributed by atoms with Crippen LogP contribution in [0.2, 0.25) is 0 Å². The predicted octanol–water partition coefficient (Wildman–Crippen LogP) is 1.51. The van der Waals surface area contributed by atoms with Crippen molar-refractivity contribution >= 4 is 5.96 Å². The lowest BCUT2D eigenvalue weighted by Gasteiger charge is -2.14. The molecule has 6 nitrogen and oxygen atoms in total. The number of aromatic nitrogens is 2. The van der Waals surface area contributed by atoms with Gasteiger partial charge in [0.25, 0.3) is 0 Å². The van der Waals surface area contributed by atoms with Crippen LogP contribution in [0.1, 0.15) is 32.1 Å². The summed E-state index contributed by atoms with van der Waals surface area (Å²) in [5.41, 5.74) is 0. The van der Waals surface area contributed by atoms with Crippen LogP contribution in [-0.4, -0.2) is 41.3 Å². The Kier molecular flexibility index (Phi) is 5.91. The van der Waals surface area contributed by atoms with E-state index in [1.54, 1.807) is 0 Å². The van der Waals surface area contributed by atoms with Crippen LogP contribution in [0.3, 0.4) is 0 Å². The first-order valence-corrected chi connectivity index (χ1v) is 7.14. The van der Waals surface area contributed by atoms with Gasteiger partial charge in [0.15, 0.2) is 5.96 Å². The number of nitrogens with one attached hydrogen (secondary N) is 2. The van der Waals surface area contributed by atoms with Crippen molar-refractivity contribution in [1.29, 1.82) is 0 Å². The number of imidazole rings is 1.